The van der Waals surface area contributed by atoms with Crippen LogP contribution in [0.15, 0.2) is 63.5 Å². The van der Waals surface area contributed by atoms with E-state index in [0.29, 0.717) is 6.42 Å². The number of benzene rings is 2. The van der Waals surface area contributed by atoms with Gasteiger partial charge in [-0.15, -0.1) is 0 Å². The Hall–Kier alpha value is -1.74. The molecule has 0 saturated carbocycles. The zero-order valence-corrected chi connectivity index (χ0v) is 9.95. The number of oxime groups is 1. The van der Waals surface area contributed by atoms with Gasteiger partial charge in [0.15, 0.2) is 0 Å². The Bertz CT molecular complexity index is 592. The number of hydrogen-bond acceptors (Lipinski definition) is 3. The summed E-state index contributed by atoms with van der Waals surface area (Å²) in [5, 5.41) is 12.6. The molecule has 0 radical (unpaired) electrons. The maximum atomic E-state index is 9.17. The van der Waals surface area contributed by atoms with Gasteiger partial charge in [-0.05, 0) is 17.7 Å². The highest BCUT2D eigenvalue weighted by Gasteiger charge is 2.18. The summed E-state index contributed by atoms with van der Waals surface area (Å²) in [6.45, 7) is 0. The van der Waals surface area contributed by atoms with Crippen LogP contribution in [0.2, 0.25) is 0 Å². The van der Waals surface area contributed by atoms with E-state index in [9.17, 15) is 0 Å². The molecule has 0 amide bonds. The third-order valence-electron chi connectivity index (χ3n) is 2.87. The molecule has 0 saturated heterocycles. The quantitative estimate of drug-likeness (QED) is 0.565. The lowest BCUT2D eigenvalue weighted by Gasteiger charge is -2.04. The van der Waals surface area contributed by atoms with Crippen molar-refractivity contribution in [2.24, 2.45) is 5.16 Å². The second-order valence-corrected chi connectivity index (χ2v) is 5.01. The molecule has 1 heterocycles. The smallest absolute Gasteiger partial charge is 0.0923 e. The SMILES string of the molecule is ON=C1Cc2ccccc2Sc2ccccc21. The van der Waals surface area contributed by atoms with E-state index in [1.54, 1.807) is 11.8 Å². The number of nitrogens with zero attached hydrogens (tertiary/aromatic N) is 1. The lowest BCUT2D eigenvalue weighted by Crippen LogP contribution is -2.04. The van der Waals surface area contributed by atoms with Crippen molar-refractivity contribution in [1.82, 2.24) is 0 Å². The van der Waals surface area contributed by atoms with Gasteiger partial charge in [-0.3, -0.25) is 0 Å². The van der Waals surface area contributed by atoms with Crippen molar-refractivity contribution in [2.75, 3.05) is 0 Å². The summed E-state index contributed by atoms with van der Waals surface area (Å²) in [4.78, 5) is 2.38. The molecule has 0 aromatic heterocycles. The van der Waals surface area contributed by atoms with Crippen molar-refractivity contribution >= 4 is 17.5 Å². The number of hydrogen-bond donors (Lipinski definition) is 1. The van der Waals surface area contributed by atoms with E-state index in [1.807, 2.05) is 30.3 Å². The first-order chi connectivity index (χ1) is 8.38. The van der Waals surface area contributed by atoms with Crippen LogP contribution in [0.4, 0.5) is 0 Å². The molecule has 84 valence electrons. The highest BCUT2D eigenvalue weighted by atomic mass is 32.2. The van der Waals surface area contributed by atoms with Gasteiger partial charge in [0, 0.05) is 21.8 Å². The summed E-state index contributed by atoms with van der Waals surface area (Å²) in [6.07, 6.45) is 0.677. The van der Waals surface area contributed by atoms with Crippen molar-refractivity contribution in [2.45, 2.75) is 16.2 Å². The van der Waals surface area contributed by atoms with Crippen molar-refractivity contribution in [3.63, 3.8) is 0 Å². The minimum absolute atomic E-state index is 0.677. The second kappa shape index (κ2) is 4.26. The average molecular weight is 241 g/mol. The molecule has 2 aromatic carbocycles. The fraction of sp³-hybridized carbons (Fsp3) is 0.0714. The lowest BCUT2D eigenvalue weighted by molar-refractivity contribution is 0.318. The van der Waals surface area contributed by atoms with E-state index in [2.05, 4.69) is 23.4 Å². The van der Waals surface area contributed by atoms with Crippen LogP contribution in [0.3, 0.4) is 0 Å². The maximum absolute atomic E-state index is 9.17. The highest BCUT2D eigenvalue weighted by molar-refractivity contribution is 7.99. The van der Waals surface area contributed by atoms with Gasteiger partial charge in [0.2, 0.25) is 0 Å². The molecular formula is C14H11NOS. The van der Waals surface area contributed by atoms with Crippen molar-refractivity contribution < 1.29 is 5.21 Å². The van der Waals surface area contributed by atoms with Crippen LogP contribution in [-0.2, 0) is 6.42 Å². The zero-order valence-electron chi connectivity index (χ0n) is 9.13. The molecule has 0 atom stereocenters. The zero-order chi connectivity index (χ0) is 11.7. The molecule has 1 N–H and O–H groups in total. The summed E-state index contributed by atoms with van der Waals surface area (Å²) in [5.41, 5.74) is 2.97. The van der Waals surface area contributed by atoms with Crippen molar-refractivity contribution in [3.8, 4) is 0 Å². The van der Waals surface area contributed by atoms with Crippen molar-refractivity contribution in [1.29, 1.82) is 0 Å². The molecule has 0 bridgehead atoms. The van der Waals surface area contributed by atoms with E-state index in [-0.39, 0.29) is 0 Å². The molecule has 3 heteroatoms. The predicted octanol–water partition coefficient (Wildman–Crippen LogP) is 3.57. The van der Waals surface area contributed by atoms with Gasteiger partial charge in [-0.1, -0.05) is 53.3 Å². The van der Waals surface area contributed by atoms with Gasteiger partial charge in [-0.2, -0.15) is 0 Å². The third kappa shape index (κ3) is 1.83. The Kier molecular flexibility index (Phi) is 2.61. The molecule has 2 aromatic rings. The molecule has 3 rings (SSSR count). The first-order valence-electron chi connectivity index (χ1n) is 5.44. The van der Waals surface area contributed by atoms with Gasteiger partial charge < -0.3 is 5.21 Å². The van der Waals surface area contributed by atoms with Gasteiger partial charge in [0.1, 0.15) is 0 Å². The molecule has 0 spiro atoms. The van der Waals surface area contributed by atoms with Crippen molar-refractivity contribution in [3.05, 3.63) is 59.7 Å². The Balaban J connectivity index is 2.20. The van der Waals surface area contributed by atoms with E-state index in [0.717, 1.165) is 16.2 Å². The van der Waals surface area contributed by atoms with E-state index >= 15 is 0 Å². The summed E-state index contributed by atoms with van der Waals surface area (Å²) in [5.74, 6) is 0. The molecule has 0 aliphatic carbocycles. The normalized spacial score (nSPS) is 16.1. The van der Waals surface area contributed by atoms with E-state index in [1.165, 1.54) is 10.5 Å². The van der Waals surface area contributed by atoms with Crippen LogP contribution in [-0.4, -0.2) is 10.9 Å². The topological polar surface area (TPSA) is 32.6 Å². The minimum Gasteiger partial charge on any atom is -0.411 e. The van der Waals surface area contributed by atoms with E-state index < -0.39 is 0 Å². The largest absolute Gasteiger partial charge is 0.411 e. The minimum atomic E-state index is 0.677. The predicted molar refractivity (Wildman–Crippen MR) is 69.0 cm³/mol. The van der Waals surface area contributed by atoms with Crippen LogP contribution in [0.25, 0.3) is 0 Å². The van der Waals surface area contributed by atoms with Crippen LogP contribution in [0, 0.1) is 0 Å². The summed E-state index contributed by atoms with van der Waals surface area (Å²) >= 11 is 1.73. The molecule has 0 fully saturated rings. The fourth-order valence-electron chi connectivity index (χ4n) is 2.03. The molecule has 2 nitrogen and oxygen atoms in total. The van der Waals surface area contributed by atoms with Gasteiger partial charge in [0.05, 0.1) is 5.71 Å². The van der Waals surface area contributed by atoms with E-state index in [4.69, 9.17) is 5.21 Å². The highest BCUT2D eigenvalue weighted by Crippen LogP contribution is 2.36. The molecule has 0 unspecified atom stereocenters. The Labute approximate surface area is 104 Å². The first-order valence-corrected chi connectivity index (χ1v) is 6.26. The fourth-order valence-corrected chi connectivity index (χ4v) is 3.12. The molecule has 1 aliphatic heterocycles. The number of fused-ring (bicyclic) bond motifs is 2. The maximum Gasteiger partial charge on any atom is 0.0923 e. The Morgan fingerprint density at radius 2 is 1.65 bits per heavy atom. The first kappa shape index (κ1) is 10.4. The summed E-state index contributed by atoms with van der Waals surface area (Å²) in [6, 6.07) is 16.3. The summed E-state index contributed by atoms with van der Waals surface area (Å²) < 4.78 is 0. The Morgan fingerprint density at radius 3 is 2.47 bits per heavy atom. The standard InChI is InChI=1S/C14H11NOS/c16-15-12-9-10-5-1-3-7-13(10)17-14-8-4-2-6-11(12)14/h1-8,16H,9H2. The Morgan fingerprint density at radius 1 is 0.941 bits per heavy atom. The second-order valence-electron chi connectivity index (χ2n) is 3.93. The average Bonchev–Trinajstić information content (AvgIpc) is 2.54. The monoisotopic (exact) mass is 241 g/mol. The number of rotatable bonds is 0. The van der Waals surface area contributed by atoms with Crippen LogP contribution >= 0.6 is 11.8 Å². The summed E-state index contributed by atoms with van der Waals surface area (Å²) in [7, 11) is 0. The molecule has 17 heavy (non-hydrogen) atoms. The van der Waals surface area contributed by atoms with Crippen LogP contribution in [0.1, 0.15) is 11.1 Å². The van der Waals surface area contributed by atoms with Gasteiger partial charge in [-0.25, -0.2) is 0 Å². The lowest BCUT2D eigenvalue weighted by atomic mass is 10.0. The van der Waals surface area contributed by atoms with Crippen LogP contribution in [0.5, 0.6) is 0 Å². The van der Waals surface area contributed by atoms with Gasteiger partial charge >= 0.3 is 0 Å². The third-order valence-corrected chi connectivity index (χ3v) is 4.06. The molecule has 1 aliphatic rings. The van der Waals surface area contributed by atoms with Crippen LogP contribution < -0.4 is 0 Å². The van der Waals surface area contributed by atoms with Gasteiger partial charge in [0.25, 0.3) is 0 Å². The molecular weight excluding hydrogens is 230 g/mol.